The van der Waals surface area contributed by atoms with Crippen LogP contribution < -0.4 is 10.3 Å². The van der Waals surface area contributed by atoms with Crippen molar-refractivity contribution < 1.29 is 4.79 Å². The second-order valence-electron chi connectivity index (χ2n) is 6.73. The van der Waals surface area contributed by atoms with Crippen LogP contribution in [0.15, 0.2) is 53.6 Å². The van der Waals surface area contributed by atoms with Gasteiger partial charge >= 0.3 is 0 Å². The van der Waals surface area contributed by atoms with E-state index in [0.717, 1.165) is 35.1 Å². The Morgan fingerprint density at radius 2 is 1.82 bits per heavy atom. The number of carbonyl (C=O) groups excluding carboxylic acids is 1. The smallest absolute Gasteiger partial charge is 0.273 e. The second kappa shape index (κ2) is 8.65. The molecular formula is C23H26N4O. The molecule has 0 unspecified atom stereocenters. The van der Waals surface area contributed by atoms with E-state index in [1.807, 2.05) is 50.2 Å². The van der Waals surface area contributed by atoms with Gasteiger partial charge < -0.3 is 4.90 Å². The monoisotopic (exact) mass is 374 g/mol. The van der Waals surface area contributed by atoms with E-state index in [1.165, 1.54) is 5.69 Å². The van der Waals surface area contributed by atoms with Crippen molar-refractivity contribution in [2.24, 2.45) is 5.10 Å². The number of fused-ring (bicyclic) bond motifs is 1. The molecular weight excluding hydrogens is 348 g/mol. The zero-order valence-corrected chi connectivity index (χ0v) is 16.9. The molecule has 0 spiro atoms. The third kappa shape index (κ3) is 4.19. The summed E-state index contributed by atoms with van der Waals surface area (Å²) in [6.45, 7) is 10.1. The highest BCUT2D eigenvalue weighted by Crippen LogP contribution is 2.19. The molecule has 0 atom stereocenters. The summed E-state index contributed by atoms with van der Waals surface area (Å²) in [6.07, 6.45) is 1.65. The van der Waals surface area contributed by atoms with Crippen LogP contribution in [-0.2, 0) is 0 Å². The van der Waals surface area contributed by atoms with Crippen molar-refractivity contribution in [3.05, 3.63) is 70.9 Å². The highest BCUT2D eigenvalue weighted by Gasteiger charge is 2.11. The molecule has 0 aliphatic rings. The minimum atomic E-state index is -0.260. The Balaban J connectivity index is 1.71. The number of nitrogens with zero attached hydrogens (tertiary/aromatic N) is 3. The number of pyridine rings is 1. The lowest BCUT2D eigenvalue weighted by molar-refractivity contribution is 0.0954. The van der Waals surface area contributed by atoms with Gasteiger partial charge in [-0.25, -0.2) is 5.43 Å². The summed E-state index contributed by atoms with van der Waals surface area (Å²) < 4.78 is 0. The SMILES string of the molecule is CCN(CC)c1ccc(C=NNC(=O)c2cc3cccc(C)c3nc2C)cc1. The van der Waals surface area contributed by atoms with Crippen molar-refractivity contribution in [1.82, 2.24) is 10.4 Å². The van der Waals surface area contributed by atoms with Crippen molar-refractivity contribution >= 4 is 28.7 Å². The predicted octanol–water partition coefficient (Wildman–Crippen LogP) is 4.46. The topological polar surface area (TPSA) is 57.6 Å². The van der Waals surface area contributed by atoms with Crippen LogP contribution in [0.5, 0.6) is 0 Å². The van der Waals surface area contributed by atoms with Gasteiger partial charge in [-0.2, -0.15) is 5.10 Å². The Hall–Kier alpha value is -3.21. The predicted molar refractivity (Wildman–Crippen MR) is 116 cm³/mol. The molecule has 144 valence electrons. The number of hydrogen-bond acceptors (Lipinski definition) is 4. The van der Waals surface area contributed by atoms with E-state index >= 15 is 0 Å². The molecule has 28 heavy (non-hydrogen) atoms. The molecule has 0 fully saturated rings. The molecule has 0 saturated heterocycles. The first-order chi connectivity index (χ1) is 13.5. The lowest BCUT2D eigenvalue weighted by Gasteiger charge is -2.20. The second-order valence-corrected chi connectivity index (χ2v) is 6.73. The van der Waals surface area contributed by atoms with Gasteiger partial charge in [-0.15, -0.1) is 0 Å². The van der Waals surface area contributed by atoms with Gasteiger partial charge in [0.1, 0.15) is 0 Å². The maximum Gasteiger partial charge on any atom is 0.273 e. The van der Waals surface area contributed by atoms with Crippen molar-refractivity contribution in [3.63, 3.8) is 0 Å². The first-order valence-electron chi connectivity index (χ1n) is 9.58. The van der Waals surface area contributed by atoms with E-state index in [2.05, 4.69) is 46.4 Å². The van der Waals surface area contributed by atoms with Gasteiger partial charge in [0.25, 0.3) is 5.91 Å². The number of para-hydroxylation sites is 1. The molecule has 5 nitrogen and oxygen atoms in total. The molecule has 3 aromatic rings. The lowest BCUT2D eigenvalue weighted by Crippen LogP contribution is -2.21. The number of amides is 1. The molecule has 0 saturated carbocycles. The van der Waals surface area contributed by atoms with Gasteiger partial charge in [0.05, 0.1) is 23.0 Å². The fourth-order valence-corrected chi connectivity index (χ4v) is 3.25. The van der Waals surface area contributed by atoms with E-state index in [1.54, 1.807) is 6.21 Å². The summed E-state index contributed by atoms with van der Waals surface area (Å²) in [5.74, 6) is -0.260. The third-order valence-electron chi connectivity index (χ3n) is 4.88. The van der Waals surface area contributed by atoms with E-state index in [-0.39, 0.29) is 5.91 Å². The number of rotatable bonds is 6. The Labute approximate surface area is 166 Å². The summed E-state index contributed by atoms with van der Waals surface area (Å²) >= 11 is 0. The number of hydrazone groups is 1. The molecule has 1 N–H and O–H groups in total. The molecule has 0 radical (unpaired) electrons. The van der Waals surface area contributed by atoms with Gasteiger partial charge in [0.2, 0.25) is 0 Å². The summed E-state index contributed by atoms with van der Waals surface area (Å²) in [6, 6.07) is 15.9. The Bertz CT molecular complexity index is 1010. The minimum absolute atomic E-state index is 0.260. The van der Waals surface area contributed by atoms with Crippen LogP contribution in [0.25, 0.3) is 10.9 Å². The van der Waals surface area contributed by atoms with Gasteiger partial charge in [-0.1, -0.05) is 30.3 Å². The number of aromatic nitrogens is 1. The van der Waals surface area contributed by atoms with Crippen LogP contribution in [0.4, 0.5) is 5.69 Å². The van der Waals surface area contributed by atoms with E-state index < -0.39 is 0 Å². The molecule has 2 aromatic carbocycles. The number of carbonyl (C=O) groups is 1. The first-order valence-corrected chi connectivity index (χ1v) is 9.58. The Morgan fingerprint density at radius 1 is 1.11 bits per heavy atom. The standard InChI is InChI=1S/C23H26N4O/c1-5-27(6-2)20-12-10-18(11-13-20)15-24-26-23(28)21-14-19-9-7-8-16(3)22(19)25-17(21)4/h7-15H,5-6H2,1-4H3,(H,26,28). The molecule has 1 heterocycles. The number of aryl methyl sites for hydroxylation is 2. The highest BCUT2D eigenvalue weighted by atomic mass is 16.2. The van der Waals surface area contributed by atoms with Crippen molar-refractivity contribution in [3.8, 4) is 0 Å². The van der Waals surface area contributed by atoms with E-state index in [9.17, 15) is 4.79 Å². The average molecular weight is 374 g/mol. The molecule has 3 rings (SSSR count). The third-order valence-corrected chi connectivity index (χ3v) is 4.88. The Morgan fingerprint density at radius 3 is 2.50 bits per heavy atom. The quantitative estimate of drug-likeness (QED) is 0.512. The van der Waals surface area contributed by atoms with Crippen molar-refractivity contribution in [2.45, 2.75) is 27.7 Å². The van der Waals surface area contributed by atoms with Crippen LogP contribution >= 0.6 is 0 Å². The number of anilines is 1. The maximum absolute atomic E-state index is 12.5. The zero-order valence-electron chi connectivity index (χ0n) is 16.9. The van der Waals surface area contributed by atoms with Gasteiger partial charge in [-0.05, 0) is 57.0 Å². The van der Waals surface area contributed by atoms with Crippen LogP contribution in [0.1, 0.15) is 41.0 Å². The molecule has 0 aliphatic carbocycles. The summed E-state index contributed by atoms with van der Waals surface area (Å²) in [5, 5.41) is 5.06. The molecule has 5 heteroatoms. The Kier molecular flexibility index (Phi) is 6.04. The molecule has 1 aromatic heterocycles. The van der Waals surface area contributed by atoms with Crippen molar-refractivity contribution in [1.29, 1.82) is 0 Å². The van der Waals surface area contributed by atoms with Crippen LogP contribution in [0.3, 0.4) is 0 Å². The van der Waals surface area contributed by atoms with Gasteiger partial charge in [0.15, 0.2) is 0 Å². The van der Waals surface area contributed by atoms with Crippen LogP contribution in [0.2, 0.25) is 0 Å². The van der Waals surface area contributed by atoms with E-state index in [4.69, 9.17) is 0 Å². The fraction of sp³-hybridized carbons (Fsp3) is 0.261. The zero-order chi connectivity index (χ0) is 20.1. The number of nitrogens with one attached hydrogen (secondary N) is 1. The number of benzene rings is 2. The summed E-state index contributed by atoms with van der Waals surface area (Å²) in [4.78, 5) is 19.4. The first kappa shape index (κ1) is 19.5. The maximum atomic E-state index is 12.5. The van der Waals surface area contributed by atoms with Crippen molar-refractivity contribution in [2.75, 3.05) is 18.0 Å². The number of hydrogen-bond donors (Lipinski definition) is 1. The normalized spacial score (nSPS) is 11.1. The largest absolute Gasteiger partial charge is 0.372 e. The molecule has 1 amide bonds. The average Bonchev–Trinajstić information content (AvgIpc) is 2.70. The van der Waals surface area contributed by atoms with Gasteiger partial charge in [0, 0.05) is 24.2 Å². The minimum Gasteiger partial charge on any atom is -0.372 e. The van der Waals surface area contributed by atoms with Crippen LogP contribution in [-0.4, -0.2) is 30.2 Å². The van der Waals surface area contributed by atoms with E-state index in [0.29, 0.717) is 11.3 Å². The van der Waals surface area contributed by atoms with Gasteiger partial charge in [-0.3, -0.25) is 9.78 Å². The van der Waals surface area contributed by atoms with Crippen LogP contribution in [0, 0.1) is 13.8 Å². The summed E-state index contributed by atoms with van der Waals surface area (Å²) in [7, 11) is 0. The highest BCUT2D eigenvalue weighted by molar-refractivity contribution is 5.99. The molecule has 0 bridgehead atoms. The fourth-order valence-electron chi connectivity index (χ4n) is 3.25. The summed E-state index contributed by atoms with van der Waals surface area (Å²) in [5.41, 5.74) is 7.97. The lowest BCUT2D eigenvalue weighted by atomic mass is 10.1. The molecule has 0 aliphatic heterocycles.